The third-order valence-electron chi connectivity index (χ3n) is 9.60. The minimum Gasteiger partial charge on any atom is -0.462 e. The van der Waals surface area contributed by atoms with Crippen molar-refractivity contribution in [2.24, 2.45) is 16.7 Å². The maximum absolute atomic E-state index is 12.8. The van der Waals surface area contributed by atoms with Crippen molar-refractivity contribution in [3.05, 3.63) is 11.1 Å². The minimum absolute atomic E-state index is 0.0211. The maximum atomic E-state index is 12.8. The number of hydrogen-bond acceptors (Lipinski definition) is 12. The zero-order chi connectivity index (χ0) is 30.2. The SMILES string of the molecule is CC(=O)OC1CC2OCC2(OC(C)=O)C2C(OC(C)=O)C3(C(C)(C)O)CC(O)C(C)=C3C(O)C(OC(C)=O)C12C. The van der Waals surface area contributed by atoms with Crippen LogP contribution in [0, 0.1) is 16.7 Å². The van der Waals surface area contributed by atoms with Gasteiger partial charge in [0.05, 0.1) is 35.1 Å². The average molecular weight is 569 g/mol. The molecule has 0 bridgehead atoms. The Labute approximate surface area is 232 Å². The molecule has 1 heterocycles. The van der Waals surface area contributed by atoms with E-state index in [-0.39, 0.29) is 25.0 Å². The molecule has 0 amide bonds. The summed E-state index contributed by atoms with van der Waals surface area (Å²) in [6.45, 7) is 10.8. The van der Waals surface area contributed by atoms with Crippen LogP contribution in [0.2, 0.25) is 0 Å². The Bertz CT molecular complexity index is 1140. The molecule has 10 atom stereocenters. The van der Waals surface area contributed by atoms with Crippen molar-refractivity contribution in [3.63, 3.8) is 0 Å². The lowest BCUT2D eigenvalue weighted by molar-refractivity contribution is -0.353. The number of ether oxygens (including phenoxy) is 5. The zero-order valence-corrected chi connectivity index (χ0v) is 24.2. The first kappa shape index (κ1) is 30.4. The van der Waals surface area contributed by atoms with Gasteiger partial charge in [0.25, 0.3) is 0 Å². The summed E-state index contributed by atoms with van der Waals surface area (Å²) in [5, 5.41) is 35.2. The molecular formula is C28H40O12. The Kier molecular flexibility index (Phi) is 7.44. The second-order valence-electron chi connectivity index (χ2n) is 12.4. The van der Waals surface area contributed by atoms with Crippen LogP contribution in [-0.4, -0.2) is 93.6 Å². The van der Waals surface area contributed by atoms with Gasteiger partial charge < -0.3 is 39.0 Å². The predicted octanol–water partition coefficient (Wildman–Crippen LogP) is 0.721. The van der Waals surface area contributed by atoms with E-state index >= 15 is 0 Å². The van der Waals surface area contributed by atoms with Crippen LogP contribution in [0.25, 0.3) is 0 Å². The molecule has 3 fully saturated rings. The molecule has 2 saturated carbocycles. The molecule has 4 rings (SSSR count). The second kappa shape index (κ2) is 9.78. The van der Waals surface area contributed by atoms with Crippen LogP contribution in [0.4, 0.5) is 0 Å². The van der Waals surface area contributed by atoms with Crippen LogP contribution in [0.3, 0.4) is 0 Å². The Hall–Kier alpha value is -2.54. The molecule has 10 unspecified atom stereocenters. The van der Waals surface area contributed by atoms with Crippen LogP contribution in [0.15, 0.2) is 11.1 Å². The molecular weight excluding hydrogens is 528 g/mol. The number of aliphatic hydroxyl groups is 3. The fraction of sp³-hybridized carbons (Fsp3) is 0.786. The third kappa shape index (κ3) is 4.17. The molecule has 12 heteroatoms. The highest BCUT2D eigenvalue weighted by Gasteiger charge is 2.80. The Balaban J connectivity index is 2.17. The van der Waals surface area contributed by atoms with Crippen LogP contribution in [0.1, 0.15) is 68.2 Å². The van der Waals surface area contributed by atoms with E-state index in [1.165, 1.54) is 34.6 Å². The molecule has 0 spiro atoms. The van der Waals surface area contributed by atoms with Crippen molar-refractivity contribution in [1.82, 2.24) is 0 Å². The van der Waals surface area contributed by atoms with Crippen molar-refractivity contribution < 1.29 is 58.2 Å². The maximum Gasteiger partial charge on any atom is 0.303 e. The Morgan fingerprint density at radius 3 is 1.93 bits per heavy atom. The lowest BCUT2D eigenvalue weighted by atomic mass is 9.49. The summed E-state index contributed by atoms with van der Waals surface area (Å²) in [6, 6.07) is 0. The topological polar surface area (TPSA) is 175 Å². The quantitative estimate of drug-likeness (QED) is 0.241. The van der Waals surface area contributed by atoms with E-state index in [4.69, 9.17) is 23.7 Å². The molecule has 1 saturated heterocycles. The van der Waals surface area contributed by atoms with Gasteiger partial charge in [0.2, 0.25) is 0 Å². The van der Waals surface area contributed by atoms with Gasteiger partial charge in [0.15, 0.2) is 5.60 Å². The number of fused-ring (bicyclic) bond motifs is 4. The zero-order valence-electron chi connectivity index (χ0n) is 24.2. The summed E-state index contributed by atoms with van der Waals surface area (Å²) in [5.74, 6) is -3.95. The molecule has 0 aromatic rings. The normalized spacial score (nSPS) is 42.3. The monoisotopic (exact) mass is 568 g/mol. The van der Waals surface area contributed by atoms with Crippen molar-refractivity contribution in [3.8, 4) is 0 Å². The van der Waals surface area contributed by atoms with Crippen LogP contribution < -0.4 is 0 Å². The molecule has 224 valence electrons. The molecule has 3 aliphatic carbocycles. The number of carbonyl (C=O) groups is 4. The standard InChI is InChI=1S/C28H40O12/c1-12-17(33)10-27(25(6,7)35)20(12)21(34)23(38-14(3)30)26(8)18(37-13(2)29)9-19-28(11-36-19,40-16(5)32)22(26)24(27)39-15(4)31/h17-19,21-24,33-35H,9-11H2,1-8H3. The lowest BCUT2D eigenvalue weighted by Gasteiger charge is -2.65. The summed E-state index contributed by atoms with van der Waals surface area (Å²) in [4.78, 5) is 50.3. The molecule has 0 radical (unpaired) electrons. The Morgan fingerprint density at radius 2 is 1.48 bits per heavy atom. The van der Waals surface area contributed by atoms with Gasteiger partial charge in [-0.15, -0.1) is 0 Å². The van der Waals surface area contributed by atoms with Crippen molar-refractivity contribution in [2.75, 3.05) is 6.61 Å². The molecule has 40 heavy (non-hydrogen) atoms. The van der Waals surface area contributed by atoms with Gasteiger partial charge in [-0.05, 0) is 38.3 Å². The van der Waals surface area contributed by atoms with Gasteiger partial charge >= 0.3 is 23.9 Å². The molecule has 4 aliphatic rings. The average Bonchev–Trinajstić information content (AvgIpc) is 3.03. The van der Waals surface area contributed by atoms with Crippen LogP contribution in [-0.2, 0) is 42.9 Å². The van der Waals surface area contributed by atoms with Gasteiger partial charge in [0, 0.05) is 34.1 Å². The largest absolute Gasteiger partial charge is 0.462 e. The number of esters is 4. The number of hydrogen-bond donors (Lipinski definition) is 3. The third-order valence-corrected chi connectivity index (χ3v) is 9.60. The fourth-order valence-corrected chi connectivity index (χ4v) is 8.13. The lowest BCUT2D eigenvalue weighted by Crippen LogP contribution is -2.79. The summed E-state index contributed by atoms with van der Waals surface area (Å²) < 4.78 is 29.6. The predicted molar refractivity (Wildman–Crippen MR) is 135 cm³/mol. The summed E-state index contributed by atoms with van der Waals surface area (Å²) >= 11 is 0. The van der Waals surface area contributed by atoms with Crippen molar-refractivity contribution >= 4 is 23.9 Å². The van der Waals surface area contributed by atoms with Crippen LogP contribution in [0.5, 0.6) is 0 Å². The molecule has 12 nitrogen and oxygen atoms in total. The molecule has 0 aromatic heterocycles. The highest BCUT2D eigenvalue weighted by molar-refractivity contribution is 5.69. The molecule has 3 N–H and O–H groups in total. The van der Waals surface area contributed by atoms with E-state index in [1.54, 1.807) is 13.8 Å². The van der Waals surface area contributed by atoms with E-state index < -0.39 is 88.5 Å². The first-order valence-corrected chi connectivity index (χ1v) is 13.5. The van der Waals surface area contributed by atoms with Gasteiger partial charge in [-0.3, -0.25) is 19.2 Å². The van der Waals surface area contributed by atoms with E-state index in [9.17, 15) is 34.5 Å². The van der Waals surface area contributed by atoms with Gasteiger partial charge in [0.1, 0.15) is 30.5 Å². The molecule has 1 aliphatic heterocycles. The fourth-order valence-electron chi connectivity index (χ4n) is 8.13. The van der Waals surface area contributed by atoms with Crippen LogP contribution >= 0.6 is 0 Å². The molecule has 0 aromatic carbocycles. The number of rotatable bonds is 5. The van der Waals surface area contributed by atoms with Crippen molar-refractivity contribution in [1.29, 1.82) is 0 Å². The summed E-state index contributed by atoms with van der Waals surface area (Å²) in [5.41, 5.74) is -5.96. The minimum atomic E-state index is -1.75. The first-order valence-electron chi connectivity index (χ1n) is 13.5. The van der Waals surface area contributed by atoms with E-state index in [1.807, 2.05) is 0 Å². The smallest absolute Gasteiger partial charge is 0.303 e. The number of aliphatic hydroxyl groups excluding tert-OH is 2. The number of carbonyl (C=O) groups excluding carboxylic acids is 4. The Morgan fingerprint density at radius 1 is 0.925 bits per heavy atom. The second-order valence-corrected chi connectivity index (χ2v) is 12.4. The van der Waals surface area contributed by atoms with Crippen molar-refractivity contribution in [2.45, 2.75) is 116 Å². The highest BCUT2D eigenvalue weighted by Crippen LogP contribution is 2.68. The van der Waals surface area contributed by atoms with E-state index in [0.717, 1.165) is 6.92 Å². The van der Waals surface area contributed by atoms with Gasteiger partial charge in [-0.1, -0.05) is 6.92 Å². The first-order chi connectivity index (χ1) is 18.3. The van der Waals surface area contributed by atoms with E-state index in [2.05, 4.69) is 0 Å². The van der Waals surface area contributed by atoms with Gasteiger partial charge in [-0.2, -0.15) is 0 Å². The summed E-state index contributed by atoms with van der Waals surface area (Å²) in [6.07, 6.45) is -7.61. The highest BCUT2D eigenvalue weighted by atomic mass is 16.6. The summed E-state index contributed by atoms with van der Waals surface area (Å²) in [7, 11) is 0. The van der Waals surface area contributed by atoms with E-state index in [0.29, 0.717) is 5.57 Å². The van der Waals surface area contributed by atoms with Gasteiger partial charge in [-0.25, -0.2) is 0 Å².